The van der Waals surface area contributed by atoms with Gasteiger partial charge in [0, 0.05) is 18.0 Å². The molecule has 0 aromatic heterocycles. The molecule has 1 N–H and O–H groups in total. The van der Waals surface area contributed by atoms with Gasteiger partial charge in [-0.3, -0.25) is 0 Å². The molecule has 1 aliphatic heterocycles. The van der Waals surface area contributed by atoms with Crippen LogP contribution in [0.2, 0.25) is 0 Å². The largest absolute Gasteiger partial charge is 0.310 e. The molecule has 1 unspecified atom stereocenters. The minimum absolute atomic E-state index is 0.252. The Kier molecular flexibility index (Phi) is 1.48. The Bertz CT molecular complexity index is 148. The van der Waals surface area contributed by atoms with E-state index in [0.29, 0.717) is 6.04 Å². The highest BCUT2D eigenvalue weighted by atomic mass is 15.1. The minimum atomic E-state index is 0.252. The lowest BCUT2D eigenvalue weighted by atomic mass is 9.89. The summed E-state index contributed by atoms with van der Waals surface area (Å²) in [5.41, 5.74) is 3.07. The Balaban J connectivity index is 2.58. The summed E-state index contributed by atoms with van der Waals surface area (Å²) in [7, 11) is 0. The number of hydrogen-bond donors (Lipinski definition) is 1. The number of nitrogens with one attached hydrogen (secondary N) is 1. The molecule has 1 fully saturated rings. The van der Waals surface area contributed by atoms with Gasteiger partial charge in [-0.05, 0) is 6.08 Å². The van der Waals surface area contributed by atoms with Crippen molar-refractivity contribution in [1.29, 1.82) is 0 Å². The fourth-order valence-corrected chi connectivity index (χ4v) is 0.949. The molecule has 0 saturated carbocycles. The highest BCUT2D eigenvalue weighted by Gasteiger charge is 2.34. The topological polar surface area (TPSA) is 21.9 Å². The Morgan fingerprint density at radius 3 is 2.67 bits per heavy atom. The van der Waals surface area contributed by atoms with E-state index in [1.165, 1.54) is 0 Å². The average Bonchev–Trinajstić information content (AvgIpc) is 2.41. The number of hydrogen-bond acceptors (Lipinski definition) is 1. The monoisotopic (exact) mass is 123 g/mol. The predicted molar refractivity (Wildman–Crippen MR) is 39.3 cm³/mol. The highest BCUT2D eigenvalue weighted by Crippen LogP contribution is 2.27. The third-order valence-corrected chi connectivity index (χ3v) is 1.78. The van der Waals surface area contributed by atoms with Crippen molar-refractivity contribution in [2.75, 3.05) is 6.54 Å². The lowest BCUT2D eigenvalue weighted by Crippen LogP contribution is -2.17. The van der Waals surface area contributed by atoms with Crippen molar-refractivity contribution in [3.8, 4) is 0 Å². The van der Waals surface area contributed by atoms with E-state index in [1.807, 2.05) is 6.08 Å². The average molecular weight is 123 g/mol. The molecule has 1 heteroatoms. The zero-order chi connectivity index (χ0) is 6.91. The Hall–Kier alpha value is -0.520. The standard InChI is InChI=1S/C8H13N/c1-4-5-8(2,3)7-6-9-7/h5,7,9H,1,6H2,2-3H3. The molecule has 0 aliphatic carbocycles. The maximum atomic E-state index is 3.55. The molecule has 50 valence electrons. The third kappa shape index (κ3) is 1.44. The van der Waals surface area contributed by atoms with Crippen LogP contribution in [-0.2, 0) is 0 Å². The van der Waals surface area contributed by atoms with Crippen molar-refractivity contribution in [2.24, 2.45) is 5.41 Å². The fourth-order valence-electron chi connectivity index (χ4n) is 0.949. The van der Waals surface area contributed by atoms with Gasteiger partial charge in [-0.25, -0.2) is 0 Å². The van der Waals surface area contributed by atoms with Gasteiger partial charge in [0.1, 0.15) is 0 Å². The molecule has 0 radical (unpaired) electrons. The first kappa shape index (κ1) is 6.60. The van der Waals surface area contributed by atoms with Crippen molar-refractivity contribution in [3.05, 3.63) is 18.4 Å². The van der Waals surface area contributed by atoms with Crippen LogP contribution in [0.1, 0.15) is 13.8 Å². The van der Waals surface area contributed by atoms with E-state index in [0.717, 1.165) is 6.54 Å². The summed E-state index contributed by atoms with van der Waals surface area (Å²) in [4.78, 5) is 0. The van der Waals surface area contributed by atoms with Crippen molar-refractivity contribution >= 4 is 0 Å². The smallest absolute Gasteiger partial charge is 0.0284 e. The van der Waals surface area contributed by atoms with Gasteiger partial charge in [0.05, 0.1) is 0 Å². The third-order valence-electron chi connectivity index (χ3n) is 1.78. The minimum Gasteiger partial charge on any atom is -0.310 e. The molecular weight excluding hydrogens is 110 g/mol. The van der Waals surface area contributed by atoms with E-state index >= 15 is 0 Å². The van der Waals surface area contributed by atoms with Gasteiger partial charge in [-0.1, -0.05) is 20.4 Å². The second-order valence-corrected chi connectivity index (χ2v) is 3.13. The molecule has 1 nitrogen and oxygen atoms in total. The number of rotatable bonds is 2. The van der Waals surface area contributed by atoms with Crippen LogP contribution in [0.15, 0.2) is 18.4 Å². The van der Waals surface area contributed by atoms with E-state index < -0.39 is 0 Å². The lowest BCUT2D eigenvalue weighted by Gasteiger charge is -2.15. The van der Waals surface area contributed by atoms with Gasteiger partial charge in [0.15, 0.2) is 0 Å². The molecule has 0 bridgehead atoms. The Labute approximate surface area is 56.5 Å². The Morgan fingerprint density at radius 1 is 1.78 bits per heavy atom. The summed E-state index contributed by atoms with van der Waals surface area (Å²) in [6.07, 6.45) is 2.03. The van der Waals surface area contributed by atoms with Crippen LogP contribution >= 0.6 is 0 Å². The summed E-state index contributed by atoms with van der Waals surface area (Å²) < 4.78 is 0. The summed E-state index contributed by atoms with van der Waals surface area (Å²) in [5, 5.41) is 3.26. The molecular formula is C8H13N. The van der Waals surface area contributed by atoms with E-state index in [2.05, 4.69) is 31.5 Å². The van der Waals surface area contributed by atoms with E-state index in [4.69, 9.17) is 0 Å². The zero-order valence-electron chi connectivity index (χ0n) is 6.07. The first-order chi connectivity index (χ1) is 4.17. The van der Waals surface area contributed by atoms with Crippen molar-refractivity contribution in [1.82, 2.24) is 5.32 Å². The molecule has 1 atom stereocenters. The van der Waals surface area contributed by atoms with E-state index in [1.54, 1.807) is 0 Å². The molecule has 0 aromatic rings. The van der Waals surface area contributed by atoms with E-state index in [9.17, 15) is 0 Å². The Morgan fingerprint density at radius 2 is 2.33 bits per heavy atom. The van der Waals surface area contributed by atoms with Crippen molar-refractivity contribution < 1.29 is 0 Å². The van der Waals surface area contributed by atoms with Crippen LogP contribution in [0.5, 0.6) is 0 Å². The van der Waals surface area contributed by atoms with Crippen LogP contribution < -0.4 is 5.32 Å². The second-order valence-electron chi connectivity index (χ2n) is 3.13. The van der Waals surface area contributed by atoms with Crippen LogP contribution in [0.4, 0.5) is 0 Å². The van der Waals surface area contributed by atoms with Gasteiger partial charge in [0.2, 0.25) is 0 Å². The van der Waals surface area contributed by atoms with E-state index in [-0.39, 0.29) is 5.41 Å². The molecule has 0 aromatic carbocycles. The fraction of sp³-hybridized carbons (Fsp3) is 0.625. The van der Waals surface area contributed by atoms with Crippen LogP contribution in [-0.4, -0.2) is 12.6 Å². The first-order valence-electron chi connectivity index (χ1n) is 3.27. The van der Waals surface area contributed by atoms with Crippen LogP contribution in [0, 0.1) is 5.41 Å². The van der Waals surface area contributed by atoms with Gasteiger partial charge < -0.3 is 5.32 Å². The normalized spacial score (nSPS) is 24.9. The molecule has 1 rings (SSSR count). The van der Waals surface area contributed by atoms with Crippen LogP contribution in [0.3, 0.4) is 0 Å². The molecule has 9 heavy (non-hydrogen) atoms. The molecule has 1 saturated heterocycles. The van der Waals surface area contributed by atoms with Gasteiger partial charge in [0.25, 0.3) is 0 Å². The maximum absolute atomic E-state index is 3.55. The zero-order valence-corrected chi connectivity index (χ0v) is 6.07. The SMILES string of the molecule is C=C=CC(C)(C)C1CN1. The van der Waals surface area contributed by atoms with Crippen molar-refractivity contribution in [3.63, 3.8) is 0 Å². The van der Waals surface area contributed by atoms with Gasteiger partial charge in [-0.15, -0.1) is 5.73 Å². The summed E-state index contributed by atoms with van der Waals surface area (Å²) >= 11 is 0. The summed E-state index contributed by atoms with van der Waals surface area (Å²) in [6, 6.07) is 0.659. The predicted octanol–water partition coefficient (Wildman–Crippen LogP) is 1.33. The van der Waals surface area contributed by atoms with Crippen molar-refractivity contribution in [2.45, 2.75) is 19.9 Å². The second kappa shape index (κ2) is 2.02. The van der Waals surface area contributed by atoms with Gasteiger partial charge in [-0.2, -0.15) is 0 Å². The quantitative estimate of drug-likeness (QED) is 0.434. The summed E-state index contributed by atoms with van der Waals surface area (Å²) in [6.45, 7) is 9.07. The molecule has 0 amide bonds. The maximum Gasteiger partial charge on any atom is 0.0284 e. The molecule has 1 aliphatic rings. The first-order valence-corrected chi connectivity index (χ1v) is 3.27. The molecule has 1 heterocycles. The lowest BCUT2D eigenvalue weighted by molar-refractivity contribution is 0.469. The van der Waals surface area contributed by atoms with Gasteiger partial charge >= 0.3 is 0 Å². The summed E-state index contributed by atoms with van der Waals surface area (Å²) in [5.74, 6) is 0. The molecule has 0 spiro atoms. The van der Waals surface area contributed by atoms with Crippen LogP contribution in [0.25, 0.3) is 0 Å². The highest BCUT2D eigenvalue weighted by molar-refractivity contribution is 5.06.